The molecule has 1 aliphatic heterocycles. The summed E-state index contributed by atoms with van der Waals surface area (Å²) in [6.07, 6.45) is 3.89. The molecule has 0 saturated carbocycles. The predicted molar refractivity (Wildman–Crippen MR) is 85.0 cm³/mol. The summed E-state index contributed by atoms with van der Waals surface area (Å²) in [6.45, 7) is 2.28. The third-order valence-corrected chi connectivity index (χ3v) is 4.63. The number of benzene rings is 1. The highest BCUT2D eigenvalue weighted by Crippen LogP contribution is 2.27. The fraction of sp³-hybridized carbons (Fsp3) is 0.375. The monoisotopic (exact) mass is 302 g/mol. The van der Waals surface area contributed by atoms with Crippen LogP contribution in [0.25, 0.3) is 10.6 Å². The van der Waals surface area contributed by atoms with Gasteiger partial charge in [-0.05, 0) is 43.5 Å². The molecule has 1 saturated heterocycles. The van der Waals surface area contributed by atoms with E-state index in [1.54, 1.807) is 5.38 Å². The first-order chi connectivity index (χ1) is 10.3. The second-order valence-corrected chi connectivity index (χ2v) is 5.98. The number of esters is 1. The van der Waals surface area contributed by atoms with Gasteiger partial charge in [-0.2, -0.15) is 0 Å². The molecule has 0 aliphatic carbocycles. The number of methoxy groups -OCH3 is 1. The van der Waals surface area contributed by atoms with Gasteiger partial charge in [-0.15, -0.1) is 11.3 Å². The van der Waals surface area contributed by atoms with Gasteiger partial charge in [0.05, 0.1) is 7.11 Å². The summed E-state index contributed by atoms with van der Waals surface area (Å²) in [5, 5.41) is 2.58. The number of carbonyl (C=O) groups is 1. The number of hydrogen-bond donors (Lipinski definition) is 0. The molecule has 3 rings (SSSR count). The van der Waals surface area contributed by atoms with Crippen LogP contribution in [0.4, 0.5) is 5.69 Å². The lowest BCUT2D eigenvalue weighted by atomic mass is 10.1. The average Bonchev–Trinajstić information content (AvgIpc) is 3.05. The number of carbonyl (C=O) groups excluding carboxylic acids is 1. The maximum absolute atomic E-state index is 11.4. The Morgan fingerprint density at radius 2 is 1.90 bits per heavy atom. The number of piperidine rings is 1. The van der Waals surface area contributed by atoms with Gasteiger partial charge in [0.2, 0.25) is 0 Å². The quantitative estimate of drug-likeness (QED) is 0.813. The molecule has 0 unspecified atom stereocenters. The maximum Gasteiger partial charge on any atom is 0.357 e. The van der Waals surface area contributed by atoms with Crippen molar-refractivity contribution in [2.45, 2.75) is 19.3 Å². The van der Waals surface area contributed by atoms with Crippen molar-refractivity contribution in [3.05, 3.63) is 35.3 Å². The van der Waals surface area contributed by atoms with Gasteiger partial charge in [0.15, 0.2) is 5.69 Å². The minimum atomic E-state index is -0.387. The van der Waals surface area contributed by atoms with E-state index in [9.17, 15) is 4.79 Å². The van der Waals surface area contributed by atoms with Crippen molar-refractivity contribution in [2.75, 3.05) is 25.1 Å². The first-order valence-electron chi connectivity index (χ1n) is 7.17. The first kappa shape index (κ1) is 14.1. The van der Waals surface area contributed by atoms with Crippen molar-refractivity contribution in [1.29, 1.82) is 0 Å². The van der Waals surface area contributed by atoms with E-state index in [1.165, 1.54) is 43.4 Å². The lowest BCUT2D eigenvalue weighted by molar-refractivity contribution is 0.0595. The Hall–Kier alpha value is -1.88. The standard InChI is InChI=1S/C16H18N2O2S/c1-20-16(19)14-11-21-15(17-14)12-5-7-13(8-6-12)18-9-3-2-4-10-18/h5-8,11H,2-4,9-10H2,1H3. The largest absolute Gasteiger partial charge is 0.464 e. The fourth-order valence-corrected chi connectivity index (χ4v) is 3.37. The number of rotatable bonds is 3. The molecular weight excluding hydrogens is 284 g/mol. The van der Waals surface area contributed by atoms with Crippen LogP contribution >= 0.6 is 11.3 Å². The smallest absolute Gasteiger partial charge is 0.357 e. The lowest BCUT2D eigenvalue weighted by Crippen LogP contribution is -2.29. The third kappa shape index (κ3) is 3.08. The van der Waals surface area contributed by atoms with Gasteiger partial charge in [-0.3, -0.25) is 0 Å². The Morgan fingerprint density at radius 3 is 2.57 bits per heavy atom. The maximum atomic E-state index is 11.4. The topological polar surface area (TPSA) is 42.4 Å². The Labute approximate surface area is 128 Å². The molecule has 1 aliphatic rings. The summed E-state index contributed by atoms with van der Waals surface area (Å²) < 4.78 is 4.68. The van der Waals surface area contributed by atoms with Gasteiger partial charge in [0, 0.05) is 29.7 Å². The Balaban J connectivity index is 1.77. The lowest BCUT2D eigenvalue weighted by Gasteiger charge is -2.28. The Morgan fingerprint density at radius 1 is 1.19 bits per heavy atom. The van der Waals surface area contributed by atoms with Crippen LogP contribution in [0.5, 0.6) is 0 Å². The second kappa shape index (κ2) is 6.26. The molecule has 110 valence electrons. The van der Waals surface area contributed by atoms with Crippen LogP contribution < -0.4 is 4.90 Å². The first-order valence-corrected chi connectivity index (χ1v) is 8.05. The number of nitrogens with zero attached hydrogens (tertiary/aromatic N) is 2. The second-order valence-electron chi connectivity index (χ2n) is 5.12. The molecule has 1 aromatic heterocycles. The van der Waals surface area contributed by atoms with Crippen molar-refractivity contribution >= 4 is 23.0 Å². The molecule has 0 amide bonds. The van der Waals surface area contributed by atoms with Crippen molar-refractivity contribution in [1.82, 2.24) is 4.98 Å². The van der Waals surface area contributed by atoms with Gasteiger partial charge in [-0.25, -0.2) is 9.78 Å². The molecule has 21 heavy (non-hydrogen) atoms. The minimum Gasteiger partial charge on any atom is -0.464 e. The summed E-state index contributed by atoms with van der Waals surface area (Å²) in [5.41, 5.74) is 2.68. The van der Waals surface area contributed by atoms with Crippen LogP contribution in [0.1, 0.15) is 29.8 Å². The molecule has 4 nitrogen and oxygen atoms in total. The van der Waals surface area contributed by atoms with Gasteiger partial charge >= 0.3 is 5.97 Å². The summed E-state index contributed by atoms with van der Waals surface area (Å²) in [5.74, 6) is -0.387. The van der Waals surface area contributed by atoms with E-state index in [4.69, 9.17) is 0 Å². The van der Waals surface area contributed by atoms with Crippen LogP contribution in [-0.4, -0.2) is 31.2 Å². The van der Waals surface area contributed by atoms with Gasteiger partial charge in [-0.1, -0.05) is 0 Å². The van der Waals surface area contributed by atoms with Gasteiger partial charge in [0.25, 0.3) is 0 Å². The molecule has 0 N–H and O–H groups in total. The summed E-state index contributed by atoms with van der Waals surface area (Å²) >= 11 is 1.46. The number of anilines is 1. The van der Waals surface area contributed by atoms with E-state index in [0.29, 0.717) is 5.69 Å². The van der Waals surface area contributed by atoms with E-state index in [-0.39, 0.29) is 5.97 Å². The molecule has 0 bridgehead atoms. The van der Waals surface area contributed by atoms with Gasteiger partial charge < -0.3 is 9.64 Å². The van der Waals surface area contributed by atoms with E-state index in [1.807, 2.05) is 0 Å². The predicted octanol–water partition coefficient (Wildman–Crippen LogP) is 3.59. The van der Waals surface area contributed by atoms with Crippen LogP contribution in [-0.2, 0) is 4.74 Å². The van der Waals surface area contributed by atoms with Crippen LogP contribution in [0, 0.1) is 0 Å². The summed E-state index contributed by atoms with van der Waals surface area (Å²) in [6, 6.07) is 8.42. The Bertz CT molecular complexity index is 615. The molecular formula is C16H18N2O2S. The SMILES string of the molecule is COC(=O)c1csc(-c2ccc(N3CCCCC3)cc2)n1. The van der Waals surface area contributed by atoms with E-state index in [0.717, 1.165) is 23.7 Å². The number of aromatic nitrogens is 1. The molecule has 0 radical (unpaired) electrons. The third-order valence-electron chi connectivity index (χ3n) is 3.73. The molecule has 1 fully saturated rings. The van der Waals surface area contributed by atoms with E-state index in [2.05, 4.69) is 38.9 Å². The van der Waals surface area contributed by atoms with Crippen molar-refractivity contribution in [2.24, 2.45) is 0 Å². The molecule has 0 spiro atoms. The summed E-state index contributed by atoms with van der Waals surface area (Å²) in [7, 11) is 1.37. The van der Waals surface area contributed by atoms with Gasteiger partial charge in [0.1, 0.15) is 5.01 Å². The zero-order valence-electron chi connectivity index (χ0n) is 12.0. The number of hydrogen-bond acceptors (Lipinski definition) is 5. The molecule has 2 aromatic rings. The highest BCUT2D eigenvalue weighted by atomic mass is 32.1. The molecule has 5 heteroatoms. The zero-order chi connectivity index (χ0) is 14.7. The molecule has 1 aromatic carbocycles. The highest BCUT2D eigenvalue weighted by Gasteiger charge is 2.13. The number of ether oxygens (including phenoxy) is 1. The molecule has 2 heterocycles. The summed E-state index contributed by atoms with van der Waals surface area (Å²) in [4.78, 5) is 18.2. The molecule has 0 atom stereocenters. The average molecular weight is 302 g/mol. The van der Waals surface area contributed by atoms with Crippen molar-refractivity contribution in [3.8, 4) is 10.6 Å². The Kier molecular flexibility index (Phi) is 4.20. The van der Waals surface area contributed by atoms with Crippen LogP contribution in [0.3, 0.4) is 0 Å². The zero-order valence-corrected chi connectivity index (χ0v) is 12.9. The van der Waals surface area contributed by atoms with Crippen molar-refractivity contribution < 1.29 is 9.53 Å². The van der Waals surface area contributed by atoms with E-state index < -0.39 is 0 Å². The fourth-order valence-electron chi connectivity index (χ4n) is 2.57. The minimum absolute atomic E-state index is 0.373. The highest BCUT2D eigenvalue weighted by molar-refractivity contribution is 7.13. The van der Waals surface area contributed by atoms with E-state index >= 15 is 0 Å². The normalized spacial score (nSPS) is 15.0. The van der Waals surface area contributed by atoms with Crippen LogP contribution in [0.15, 0.2) is 29.6 Å². The number of thiazole rings is 1. The van der Waals surface area contributed by atoms with Crippen LogP contribution in [0.2, 0.25) is 0 Å². The van der Waals surface area contributed by atoms with Crippen molar-refractivity contribution in [3.63, 3.8) is 0 Å².